The Morgan fingerprint density at radius 3 is 2.00 bits per heavy atom. The van der Waals surface area contributed by atoms with Crippen molar-refractivity contribution in [3.05, 3.63) is 30.3 Å². The van der Waals surface area contributed by atoms with Crippen molar-refractivity contribution in [1.29, 1.82) is 5.53 Å². The molecule has 0 saturated heterocycles. The second-order valence-electron chi connectivity index (χ2n) is 3.82. The van der Waals surface area contributed by atoms with Crippen molar-refractivity contribution >= 4 is 36.7 Å². The summed E-state index contributed by atoms with van der Waals surface area (Å²) < 4.78 is 63.5. The Kier molecular flexibility index (Phi) is 3.34. The van der Waals surface area contributed by atoms with Crippen molar-refractivity contribution < 1.29 is 25.9 Å². The van der Waals surface area contributed by atoms with Gasteiger partial charge in [-0.05, 0) is 18.2 Å². The Morgan fingerprint density at radius 1 is 0.900 bits per heavy atom. The quantitative estimate of drug-likeness (QED) is 0.583. The van der Waals surface area contributed by atoms with Crippen LogP contribution in [0.4, 0.5) is 5.69 Å². The number of hydrogen-bond acceptors (Lipinski definition) is 6. The normalized spacial score (nSPS) is 12.5. The Hall–Kier alpha value is -1.88. The van der Waals surface area contributed by atoms with Crippen molar-refractivity contribution in [2.45, 2.75) is 9.79 Å². The number of nitrogens with one attached hydrogen (secondary N) is 1. The Morgan fingerprint density at radius 2 is 1.50 bits per heavy atom. The summed E-state index contributed by atoms with van der Waals surface area (Å²) in [6.07, 6.45) is 0. The fourth-order valence-corrected chi connectivity index (χ4v) is 3.27. The summed E-state index contributed by atoms with van der Waals surface area (Å²) in [6, 6.07) is 5.54. The second-order valence-corrected chi connectivity index (χ2v) is 6.60. The molecule has 8 nitrogen and oxygen atoms in total. The molecule has 0 aromatic heterocycles. The van der Waals surface area contributed by atoms with Gasteiger partial charge in [-0.2, -0.15) is 21.9 Å². The highest BCUT2D eigenvalue weighted by Gasteiger charge is 2.22. The van der Waals surface area contributed by atoms with Gasteiger partial charge in [-0.3, -0.25) is 9.11 Å². The lowest BCUT2D eigenvalue weighted by Gasteiger charge is -2.09. The van der Waals surface area contributed by atoms with Crippen molar-refractivity contribution in [2.24, 2.45) is 5.11 Å². The van der Waals surface area contributed by atoms with E-state index >= 15 is 0 Å². The molecule has 0 radical (unpaired) electrons. The van der Waals surface area contributed by atoms with Crippen LogP contribution in [-0.2, 0) is 20.2 Å². The Bertz CT molecular complexity index is 918. The molecule has 0 atom stereocenters. The highest BCUT2D eigenvalue weighted by molar-refractivity contribution is 7.86. The van der Waals surface area contributed by atoms with E-state index in [1.54, 1.807) is 0 Å². The average Bonchev–Trinajstić information content (AvgIpc) is 2.34. The van der Waals surface area contributed by atoms with Gasteiger partial charge in [-0.15, -0.1) is 0 Å². The van der Waals surface area contributed by atoms with Crippen LogP contribution >= 0.6 is 0 Å². The van der Waals surface area contributed by atoms with E-state index in [1.165, 1.54) is 12.1 Å². The molecular weight excluding hydrogens is 308 g/mol. The molecule has 10 heteroatoms. The number of rotatable bonds is 3. The maximum absolute atomic E-state index is 11.3. The van der Waals surface area contributed by atoms with Crippen LogP contribution in [0.2, 0.25) is 0 Å². The number of nitrogens with zero attached hydrogens (tertiary/aromatic N) is 1. The van der Waals surface area contributed by atoms with E-state index < -0.39 is 30.0 Å². The van der Waals surface area contributed by atoms with Crippen molar-refractivity contribution in [2.75, 3.05) is 0 Å². The number of hydrogen-bond donors (Lipinski definition) is 3. The summed E-state index contributed by atoms with van der Waals surface area (Å²) in [5, 5.41) is 2.69. The molecule has 0 unspecified atom stereocenters. The topological polar surface area (TPSA) is 145 Å². The van der Waals surface area contributed by atoms with Crippen molar-refractivity contribution in [3.63, 3.8) is 0 Å². The second kappa shape index (κ2) is 4.59. The molecule has 106 valence electrons. The van der Waals surface area contributed by atoms with Crippen LogP contribution in [0.3, 0.4) is 0 Å². The smallest absolute Gasteiger partial charge is 0.282 e. The van der Waals surface area contributed by atoms with Gasteiger partial charge in [0.15, 0.2) is 0 Å². The molecule has 3 N–H and O–H groups in total. The van der Waals surface area contributed by atoms with E-state index in [9.17, 15) is 16.8 Å². The van der Waals surface area contributed by atoms with Crippen LogP contribution in [0.15, 0.2) is 45.2 Å². The number of fused-ring (bicyclic) bond motifs is 1. The molecule has 0 saturated carbocycles. The molecule has 0 aliphatic carbocycles. The van der Waals surface area contributed by atoms with Gasteiger partial charge in [0.05, 0.1) is 5.69 Å². The lowest BCUT2D eigenvalue weighted by molar-refractivity contribution is 0.481. The Labute approximate surface area is 114 Å². The van der Waals surface area contributed by atoms with Gasteiger partial charge >= 0.3 is 0 Å². The predicted molar refractivity (Wildman–Crippen MR) is 68.4 cm³/mol. The third-order valence-corrected chi connectivity index (χ3v) is 4.42. The summed E-state index contributed by atoms with van der Waals surface area (Å²) in [7, 11) is -9.24. The summed E-state index contributed by atoms with van der Waals surface area (Å²) >= 11 is 0. The van der Waals surface area contributed by atoms with Gasteiger partial charge < -0.3 is 0 Å². The van der Waals surface area contributed by atoms with Crippen LogP contribution < -0.4 is 0 Å². The zero-order valence-electron chi connectivity index (χ0n) is 9.68. The third-order valence-electron chi connectivity index (χ3n) is 2.62. The lowest BCUT2D eigenvalue weighted by Crippen LogP contribution is -2.03. The summed E-state index contributed by atoms with van der Waals surface area (Å²) in [4.78, 5) is -1.13. The first kappa shape index (κ1) is 14.5. The van der Waals surface area contributed by atoms with Gasteiger partial charge in [0.1, 0.15) is 9.79 Å². The summed E-state index contributed by atoms with van der Waals surface area (Å²) in [6.45, 7) is 0. The first-order valence-electron chi connectivity index (χ1n) is 5.04. The highest BCUT2D eigenvalue weighted by atomic mass is 32.2. The molecule has 2 aromatic rings. The van der Waals surface area contributed by atoms with Gasteiger partial charge in [0.25, 0.3) is 20.2 Å². The molecule has 0 aliphatic rings. The maximum atomic E-state index is 11.3. The van der Waals surface area contributed by atoms with Gasteiger partial charge in [-0.1, -0.05) is 12.1 Å². The van der Waals surface area contributed by atoms with Crippen LogP contribution in [0, 0.1) is 5.53 Å². The molecule has 20 heavy (non-hydrogen) atoms. The van der Waals surface area contributed by atoms with Crippen molar-refractivity contribution in [3.8, 4) is 0 Å². The standard InChI is InChI=1S/C10H8N2O6S2/c11-12-7-4-5-8(19(13,14)15)6-2-1-3-9(10(6)7)20(16,17)18/h1-5,11H,(H,13,14,15)(H,16,17,18). The number of benzene rings is 2. The fraction of sp³-hybridized carbons (Fsp3) is 0. The summed E-state index contributed by atoms with van der Waals surface area (Å²) in [5.74, 6) is 0. The van der Waals surface area contributed by atoms with E-state index in [1.807, 2.05) is 0 Å². The molecule has 0 spiro atoms. The average molecular weight is 316 g/mol. The minimum absolute atomic E-state index is 0.152. The third kappa shape index (κ3) is 2.41. The molecule has 0 heterocycles. The molecule has 0 amide bonds. The molecule has 0 aliphatic heterocycles. The predicted octanol–water partition coefficient (Wildman–Crippen LogP) is 2.00. The van der Waals surface area contributed by atoms with E-state index in [-0.39, 0.29) is 16.5 Å². The molecule has 0 bridgehead atoms. The van der Waals surface area contributed by atoms with Gasteiger partial charge in [-0.25, -0.2) is 5.53 Å². The first-order chi connectivity index (χ1) is 9.16. The van der Waals surface area contributed by atoms with E-state index in [0.29, 0.717) is 0 Å². The van der Waals surface area contributed by atoms with Crippen LogP contribution in [0.25, 0.3) is 10.8 Å². The van der Waals surface area contributed by atoms with E-state index in [4.69, 9.17) is 14.6 Å². The molecular formula is C10H8N2O6S2. The van der Waals surface area contributed by atoms with Crippen LogP contribution in [-0.4, -0.2) is 25.9 Å². The maximum Gasteiger partial charge on any atom is 0.295 e. The van der Waals surface area contributed by atoms with Gasteiger partial charge in [0, 0.05) is 10.8 Å². The van der Waals surface area contributed by atoms with E-state index in [0.717, 1.165) is 18.2 Å². The van der Waals surface area contributed by atoms with E-state index in [2.05, 4.69) is 5.11 Å². The molecule has 2 aromatic carbocycles. The van der Waals surface area contributed by atoms with Crippen LogP contribution in [0.5, 0.6) is 0 Å². The fourth-order valence-electron chi connectivity index (χ4n) is 1.86. The van der Waals surface area contributed by atoms with Crippen LogP contribution in [0.1, 0.15) is 0 Å². The van der Waals surface area contributed by atoms with Crippen molar-refractivity contribution in [1.82, 2.24) is 0 Å². The zero-order chi connectivity index (χ0) is 15.1. The largest absolute Gasteiger partial charge is 0.295 e. The summed E-state index contributed by atoms with van der Waals surface area (Å²) in [5.41, 5.74) is 6.84. The minimum atomic E-state index is -4.64. The minimum Gasteiger partial charge on any atom is -0.282 e. The monoisotopic (exact) mass is 316 g/mol. The SMILES string of the molecule is N=Nc1ccc(S(=O)(=O)O)c2cccc(S(=O)(=O)O)c12. The highest BCUT2D eigenvalue weighted by Crippen LogP contribution is 2.35. The first-order valence-corrected chi connectivity index (χ1v) is 7.92. The lowest BCUT2D eigenvalue weighted by atomic mass is 10.1. The molecule has 2 rings (SSSR count). The molecule has 0 fully saturated rings. The zero-order valence-corrected chi connectivity index (χ0v) is 11.3. The Balaban J connectivity index is 3.13. The van der Waals surface area contributed by atoms with Gasteiger partial charge in [0.2, 0.25) is 0 Å².